The summed E-state index contributed by atoms with van der Waals surface area (Å²) < 4.78 is 0. The Morgan fingerprint density at radius 2 is 0.944 bits per heavy atom. The number of hydrogen-bond donors (Lipinski definition) is 0. The van der Waals surface area contributed by atoms with Gasteiger partial charge in [0.25, 0.3) is 0 Å². The molecule has 0 saturated carbocycles. The molecular weight excluding hydrogens is 549 g/mol. The van der Waals surface area contributed by atoms with Gasteiger partial charge in [0.2, 0.25) is 0 Å². The topological polar surface area (TPSA) is 37.6 Å². The molecule has 0 N–H and O–H groups in total. The van der Waals surface area contributed by atoms with Crippen molar-refractivity contribution in [3.63, 3.8) is 0 Å². The quantitative estimate of drug-likeness (QED) is 0.282. The Hall–Kier alpha value is -1.67. The van der Waals surface area contributed by atoms with Crippen molar-refractivity contribution in [2.24, 2.45) is 9.98 Å². The molecule has 0 atom stereocenters. The predicted octanol–water partition coefficient (Wildman–Crippen LogP) is 10.0. The fourth-order valence-corrected chi connectivity index (χ4v) is 3.72. The normalized spacial score (nSPS) is 12.9. The molecule has 0 saturated heterocycles. The molecule has 0 bridgehead atoms. The van der Waals surface area contributed by atoms with Crippen LogP contribution in [0.5, 0.6) is 0 Å². The van der Waals surface area contributed by atoms with Gasteiger partial charge in [-0.2, -0.15) is 0 Å². The fourth-order valence-electron chi connectivity index (χ4n) is 3.72. The Morgan fingerprint density at radius 1 is 0.611 bits per heavy atom. The van der Waals surface area contributed by atoms with E-state index in [4.69, 9.17) is 45.1 Å². The molecule has 36 heavy (non-hydrogen) atoms. The first-order valence-electron chi connectivity index (χ1n) is 11.7. The summed E-state index contributed by atoms with van der Waals surface area (Å²) >= 11 is -1.62. The van der Waals surface area contributed by atoms with Gasteiger partial charge in [0.15, 0.2) is 0 Å². The van der Waals surface area contributed by atoms with Gasteiger partial charge in [0.1, 0.15) is 0 Å². The summed E-state index contributed by atoms with van der Waals surface area (Å²) in [7, 11) is 14.8. The zero-order valence-electron chi connectivity index (χ0n) is 22.2. The molecule has 0 aliphatic heterocycles. The van der Waals surface area contributed by atoms with Crippen LogP contribution in [0, 0.1) is 0 Å². The summed E-state index contributed by atoms with van der Waals surface area (Å²) in [6, 6.07) is 22.7. The third-order valence-electron chi connectivity index (χ3n) is 5.49. The second-order valence-corrected chi connectivity index (χ2v) is 16.8. The summed E-state index contributed by atoms with van der Waals surface area (Å²) in [5, 5.41) is 0. The Balaban J connectivity index is 0.00000106. The van der Waals surface area contributed by atoms with Gasteiger partial charge in [-0.1, -0.05) is 84.0 Å². The summed E-state index contributed by atoms with van der Waals surface area (Å²) in [5.41, 5.74) is 8.02. The Labute approximate surface area is 233 Å². The number of aromatic nitrogens is 1. The van der Waals surface area contributed by atoms with Gasteiger partial charge in [-0.25, -0.2) is 4.98 Å². The van der Waals surface area contributed by atoms with E-state index < -0.39 is 11.4 Å². The molecular formula is C29H35Cl3CrN3. The average molecular weight is 584 g/mol. The van der Waals surface area contributed by atoms with Crippen molar-refractivity contribution in [1.82, 2.24) is 4.98 Å². The first-order chi connectivity index (χ1) is 16.7. The van der Waals surface area contributed by atoms with Gasteiger partial charge in [0, 0.05) is 0 Å². The number of halogens is 3. The molecule has 0 aliphatic rings. The zero-order chi connectivity index (χ0) is 27.1. The van der Waals surface area contributed by atoms with E-state index in [1.54, 1.807) is 0 Å². The maximum absolute atomic E-state index is 4.94. The Kier molecular flexibility index (Phi) is 11.2. The Bertz CT molecular complexity index is 1130. The summed E-state index contributed by atoms with van der Waals surface area (Å²) in [4.78, 5) is 14.8. The van der Waals surface area contributed by atoms with E-state index in [9.17, 15) is 0 Å². The minimum atomic E-state index is -1.62. The van der Waals surface area contributed by atoms with Gasteiger partial charge in [-0.05, 0) is 60.1 Å². The van der Waals surface area contributed by atoms with E-state index in [0.29, 0.717) is 0 Å². The van der Waals surface area contributed by atoms with Crippen LogP contribution in [-0.2, 0) is 22.2 Å². The molecule has 2 aromatic carbocycles. The number of benzene rings is 2. The SMILES string of the molecule is CC(=Nc1ccccc1C(C)(C)C)c1cccc(C(C)=Nc2ccccc2C(C)(C)C)n1.[Cl][Cr]([Cl])[Cl]. The van der Waals surface area contributed by atoms with Crippen LogP contribution in [0.4, 0.5) is 11.4 Å². The summed E-state index contributed by atoms with van der Waals surface area (Å²) in [6.45, 7) is 17.3. The number of nitrogens with zero attached hydrogens (tertiary/aromatic N) is 3. The number of hydrogen-bond acceptors (Lipinski definition) is 3. The molecule has 3 rings (SSSR count). The number of aliphatic imine (C=N–C) groups is 2. The van der Waals surface area contributed by atoms with Crippen molar-refractivity contribution < 1.29 is 11.4 Å². The minimum absolute atomic E-state index is 0.0271. The second-order valence-electron chi connectivity index (χ2n) is 10.5. The van der Waals surface area contributed by atoms with E-state index >= 15 is 0 Å². The molecule has 0 fully saturated rings. The molecule has 3 aromatic rings. The van der Waals surface area contributed by atoms with Crippen LogP contribution >= 0.6 is 30.1 Å². The first-order valence-corrected chi connectivity index (χ1v) is 17.0. The molecule has 0 radical (unpaired) electrons. The van der Waals surface area contributed by atoms with Crippen LogP contribution in [0.2, 0.25) is 0 Å². The average Bonchev–Trinajstić information content (AvgIpc) is 2.78. The molecule has 0 amide bonds. The van der Waals surface area contributed by atoms with Gasteiger partial charge in [-0.3, -0.25) is 9.98 Å². The summed E-state index contributed by atoms with van der Waals surface area (Å²) in [6.07, 6.45) is 0. The van der Waals surface area contributed by atoms with Crippen molar-refractivity contribution in [2.75, 3.05) is 0 Å². The van der Waals surface area contributed by atoms with Crippen molar-refractivity contribution in [3.8, 4) is 0 Å². The molecule has 7 heteroatoms. The van der Waals surface area contributed by atoms with Crippen LogP contribution in [0.25, 0.3) is 0 Å². The predicted molar refractivity (Wildman–Crippen MR) is 156 cm³/mol. The van der Waals surface area contributed by atoms with E-state index in [1.165, 1.54) is 11.1 Å². The standard InChI is InChI=1S/C29H35N3.3ClH.Cr/c1-20(30-26-16-11-9-14-22(26)28(3,4)5)24-18-13-19-25(32-24)21(2)31-27-17-12-10-15-23(27)29(6,7)8;;;;/h9-19H,1-8H3;3*1H;/q;;;;+3/p-3. The van der Waals surface area contributed by atoms with E-state index in [1.807, 2.05) is 44.2 Å². The zero-order valence-corrected chi connectivity index (χ0v) is 25.8. The van der Waals surface area contributed by atoms with Crippen LogP contribution in [0.1, 0.15) is 77.9 Å². The summed E-state index contributed by atoms with van der Waals surface area (Å²) in [5.74, 6) is 0. The van der Waals surface area contributed by atoms with Crippen molar-refractivity contribution in [1.29, 1.82) is 0 Å². The molecule has 1 aromatic heterocycles. The van der Waals surface area contributed by atoms with E-state index in [-0.39, 0.29) is 10.8 Å². The molecule has 193 valence electrons. The van der Waals surface area contributed by atoms with Crippen molar-refractivity contribution in [2.45, 2.75) is 66.2 Å². The van der Waals surface area contributed by atoms with Gasteiger partial charge in [0.05, 0.1) is 34.2 Å². The van der Waals surface area contributed by atoms with Crippen molar-refractivity contribution in [3.05, 3.63) is 89.2 Å². The van der Waals surface area contributed by atoms with Gasteiger partial charge in [-0.15, -0.1) is 0 Å². The Morgan fingerprint density at radius 3 is 1.28 bits per heavy atom. The van der Waals surface area contributed by atoms with Crippen LogP contribution in [0.15, 0.2) is 76.7 Å². The molecule has 0 aliphatic carbocycles. The monoisotopic (exact) mass is 582 g/mol. The van der Waals surface area contributed by atoms with Crippen molar-refractivity contribution >= 4 is 52.9 Å². The molecule has 3 nitrogen and oxygen atoms in total. The first kappa shape index (κ1) is 30.6. The van der Waals surface area contributed by atoms with E-state index in [0.717, 1.165) is 34.2 Å². The number of para-hydroxylation sites is 2. The van der Waals surface area contributed by atoms with Crippen LogP contribution in [0.3, 0.4) is 0 Å². The second kappa shape index (κ2) is 13.2. The number of pyridine rings is 1. The molecule has 0 unspecified atom stereocenters. The third-order valence-corrected chi connectivity index (χ3v) is 5.49. The van der Waals surface area contributed by atoms with E-state index in [2.05, 4.69) is 77.9 Å². The molecule has 1 heterocycles. The van der Waals surface area contributed by atoms with Gasteiger partial charge < -0.3 is 0 Å². The third kappa shape index (κ3) is 9.33. The van der Waals surface area contributed by atoms with Crippen LogP contribution in [-0.4, -0.2) is 16.4 Å². The number of rotatable bonds is 4. The van der Waals surface area contributed by atoms with Crippen LogP contribution < -0.4 is 0 Å². The van der Waals surface area contributed by atoms with Gasteiger partial charge >= 0.3 is 41.5 Å². The maximum atomic E-state index is 4.94. The molecule has 0 spiro atoms. The fraction of sp³-hybridized carbons (Fsp3) is 0.345.